The van der Waals surface area contributed by atoms with Crippen LogP contribution < -0.4 is 5.43 Å². The maximum absolute atomic E-state index is 4.73. The first-order valence-electron chi connectivity index (χ1n) is 7.53. The number of hydrogen-bond donors (Lipinski definition) is 1. The highest BCUT2D eigenvalue weighted by Crippen LogP contribution is 2.44. The minimum Gasteiger partial charge on any atom is -0.299 e. The molecule has 0 radical (unpaired) electrons. The molecule has 0 spiro atoms. The van der Waals surface area contributed by atoms with Crippen LogP contribution in [0.1, 0.15) is 25.7 Å². The molecule has 3 aliphatic rings. The fraction of sp³-hybridized carbons (Fsp3) is 0.562. The third-order valence-corrected chi connectivity index (χ3v) is 5.13. The van der Waals surface area contributed by atoms with E-state index in [9.17, 15) is 0 Å². The zero-order chi connectivity index (χ0) is 12.7. The molecule has 1 saturated carbocycles. The lowest BCUT2D eigenvalue weighted by atomic mass is 9.76. The van der Waals surface area contributed by atoms with Crippen LogP contribution in [0.2, 0.25) is 0 Å². The summed E-state index contributed by atoms with van der Waals surface area (Å²) in [5.41, 5.74) is 5.75. The van der Waals surface area contributed by atoms with Gasteiger partial charge in [0, 0.05) is 17.7 Å². The normalized spacial score (nSPS) is 35.6. The van der Waals surface area contributed by atoms with Crippen molar-refractivity contribution in [2.24, 2.45) is 16.9 Å². The van der Waals surface area contributed by atoms with Crippen LogP contribution in [-0.2, 0) is 0 Å². The van der Waals surface area contributed by atoms with E-state index in [0.717, 1.165) is 23.6 Å². The Balaban J connectivity index is 1.52. The Morgan fingerprint density at radius 2 is 1.89 bits per heavy atom. The Bertz CT molecular complexity index is 482. The summed E-state index contributed by atoms with van der Waals surface area (Å²) in [6.07, 6.45) is 5.27. The van der Waals surface area contributed by atoms with Crippen molar-refractivity contribution in [3.63, 3.8) is 0 Å². The Morgan fingerprint density at radius 3 is 2.79 bits per heavy atom. The number of rotatable bonds is 2. The van der Waals surface area contributed by atoms with E-state index in [1.165, 1.54) is 44.5 Å². The molecule has 100 valence electrons. The van der Waals surface area contributed by atoms with Crippen LogP contribution in [0.5, 0.6) is 0 Å². The fourth-order valence-electron chi connectivity index (χ4n) is 4.25. The molecule has 3 nitrogen and oxygen atoms in total. The standard InChI is InChI=1S/C16H21N3/c1-2-4-13(5-3-1)17-18-15-7-6-12-8-10-19-11-9-14(15)16(12)19/h1-5,12,14,16-17H,6-11H2/b18-15-/t12-,14-,16+/m0/s1. The first-order valence-corrected chi connectivity index (χ1v) is 7.53. The quantitative estimate of drug-likeness (QED) is 0.823. The van der Waals surface area contributed by atoms with Gasteiger partial charge in [-0.25, -0.2) is 0 Å². The molecule has 0 aromatic heterocycles. The van der Waals surface area contributed by atoms with Gasteiger partial charge in [-0.2, -0.15) is 5.10 Å². The van der Waals surface area contributed by atoms with E-state index in [0.29, 0.717) is 0 Å². The monoisotopic (exact) mass is 255 g/mol. The highest BCUT2D eigenvalue weighted by atomic mass is 15.3. The van der Waals surface area contributed by atoms with Gasteiger partial charge in [0.25, 0.3) is 0 Å². The molecule has 0 unspecified atom stereocenters. The van der Waals surface area contributed by atoms with Gasteiger partial charge in [-0.3, -0.25) is 10.3 Å². The van der Waals surface area contributed by atoms with E-state index in [1.54, 1.807) is 0 Å². The molecule has 3 heteroatoms. The molecule has 1 aromatic rings. The SMILES string of the molecule is c1ccc(N/N=C2/CC[C@H]3CCN4CC[C@@H]2[C@@H]34)cc1. The highest BCUT2D eigenvalue weighted by Gasteiger charge is 2.47. The largest absolute Gasteiger partial charge is 0.299 e. The molecule has 2 saturated heterocycles. The van der Waals surface area contributed by atoms with Gasteiger partial charge in [-0.15, -0.1) is 0 Å². The van der Waals surface area contributed by atoms with E-state index in [2.05, 4.69) is 22.5 Å². The molecule has 0 bridgehead atoms. The average Bonchev–Trinajstić information content (AvgIpc) is 3.06. The summed E-state index contributed by atoms with van der Waals surface area (Å²) in [6.45, 7) is 2.61. The summed E-state index contributed by atoms with van der Waals surface area (Å²) in [6, 6.07) is 11.1. The van der Waals surface area contributed by atoms with Crippen molar-refractivity contribution in [3.05, 3.63) is 30.3 Å². The minimum atomic E-state index is 0.720. The van der Waals surface area contributed by atoms with Gasteiger partial charge in [0.05, 0.1) is 5.69 Å². The molecule has 2 heterocycles. The minimum absolute atomic E-state index is 0.720. The molecule has 1 aromatic carbocycles. The molecule has 1 aliphatic carbocycles. The van der Waals surface area contributed by atoms with Crippen molar-refractivity contribution < 1.29 is 0 Å². The Hall–Kier alpha value is -1.35. The zero-order valence-corrected chi connectivity index (χ0v) is 11.3. The lowest BCUT2D eigenvalue weighted by Gasteiger charge is -2.32. The number of hydrogen-bond acceptors (Lipinski definition) is 3. The fourth-order valence-corrected chi connectivity index (χ4v) is 4.25. The van der Waals surface area contributed by atoms with E-state index in [4.69, 9.17) is 5.10 Å². The van der Waals surface area contributed by atoms with Gasteiger partial charge in [0.2, 0.25) is 0 Å². The molecular weight excluding hydrogens is 234 g/mol. The highest BCUT2D eigenvalue weighted by molar-refractivity contribution is 5.89. The number of anilines is 1. The lowest BCUT2D eigenvalue weighted by Crippen LogP contribution is -2.38. The molecular formula is C16H21N3. The molecule has 19 heavy (non-hydrogen) atoms. The number of para-hydroxylation sites is 1. The maximum Gasteiger partial charge on any atom is 0.0561 e. The van der Waals surface area contributed by atoms with Crippen LogP contribution in [-0.4, -0.2) is 29.7 Å². The first-order chi connectivity index (χ1) is 9.42. The van der Waals surface area contributed by atoms with E-state index in [1.807, 2.05) is 18.2 Å². The predicted molar refractivity (Wildman–Crippen MR) is 78.3 cm³/mol. The van der Waals surface area contributed by atoms with Crippen molar-refractivity contribution in [3.8, 4) is 0 Å². The average molecular weight is 255 g/mol. The van der Waals surface area contributed by atoms with Crippen LogP contribution in [0.25, 0.3) is 0 Å². The van der Waals surface area contributed by atoms with Crippen LogP contribution in [0.15, 0.2) is 35.4 Å². The van der Waals surface area contributed by atoms with Gasteiger partial charge in [0.1, 0.15) is 0 Å². The number of nitrogens with zero attached hydrogens (tertiary/aromatic N) is 2. The first kappa shape index (κ1) is 11.5. The molecule has 3 atom stereocenters. The molecule has 0 amide bonds. The second-order valence-corrected chi connectivity index (χ2v) is 6.09. The van der Waals surface area contributed by atoms with Gasteiger partial charge < -0.3 is 0 Å². The van der Waals surface area contributed by atoms with E-state index in [-0.39, 0.29) is 0 Å². The number of nitrogens with one attached hydrogen (secondary N) is 1. The smallest absolute Gasteiger partial charge is 0.0561 e. The third-order valence-electron chi connectivity index (χ3n) is 5.13. The summed E-state index contributed by atoms with van der Waals surface area (Å²) in [4.78, 5) is 2.70. The zero-order valence-electron chi connectivity index (χ0n) is 11.3. The Kier molecular flexibility index (Phi) is 2.80. The van der Waals surface area contributed by atoms with Crippen LogP contribution in [0, 0.1) is 11.8 Å². The molecule has 4 rings (SSSR count). The summed E-state index contributed by atoms with van der Waals surface area (Å²) >= 11 is 0. The van der Waals surface area contributed by atoms with Crippen LogP contribution in [0.4, 0.5) is 5.69 Å². The number of benzene rings is 1. The van der Waals surface area contributed by atoms with Crippen molar-refractivity contribution in [1.29, 1.82) is 0 Å². The van der Waals surface area contributed by atoms with Crippen molar-refractivity contribution >= 4 is 11.4 Å². The predicted octanol–water partition coefficient (Wildman–Crippen LogP) is 2.96. The summed E-state index contributed by atoms with van der Waals surface area (Å²) in [5, 5.41) is 4.73. The molecule has 2 aliphatic heterocycles. The summed E-state index contributed by atoms with van der Waals surface area (Å²) in [5.74, 6) is 1.67. The van der Waals surface area contributed by atoms with Crippen LogP contribution in [0.3, 0.4) is 0 Å². The number of hydrazone groups is 1. The van der Waals surface area contributed by atoms with Crippen molar-refractivity contribution in [2.45, 2.75) is 31.7 Å². The van der Waals surface area contributed by atoms with E-state index < -0.39 is 0 Å². The van der Waals surface area contributed by atoms with Crippen molar-refractivity contribution in [2.75, 3.05) is 18.5 Å². The van der Waals surface area contributed by atoms with Gasteiger partial charge in [0.15, 0.2) is 0 Å². The van der Waals surface area contributed by atoms with E-state index >= 15 is 0 Å². The van der Waals surface area contributed by atoms with Crippen molar-refractivity contribution in [1.82, 2.24) is 4.90 Å². The topological polar surface area (TPSA) is 27.6 Å². The van der Waals surface area contributed by atoms with Gasteiger partial charge in [-0.05, 0) is 56.8 Å². The van der Waals surface area contributed by atoms with Crippen LogP contribution >= 0.6 is 0 Å². The lowest BCUT2D eigenvalue weighted by molar-refractivity contribution is 0.255. The second kappa shape index (κ2) is 4.64. The molecule has 1 N–H and O–H groups in total. The third kappa shape index (κ3) is 1.96. The maximum atomic E-state index is 4.73. The molecule has 3 fully saturated rings. The Morgan fingerprint density at radius 1 is 1.05 bits per heavy atom. The van der Waals surface area contributed by atoms with Gasteiger partial charge >= 0.3 is 0 Å². The summed E-state index contributed by atoms with van der Waals surface area (Å²) in [7, 11) is 0. The summed E-state index contributed by atoms with van der Waals surface area (Å²) < 4.78 is 0. The van der Waals surface area contributed by atoms with Gasteiger partial charge in [-0.1, -0.05) is 18.2 Å². The second-order valence-electron chi connectivity index (χ2n) is 6.09. The Labute approximate surface area is 114 Å².